The van der Waals surface area contributed by atoms with E-state index in [9.17, 15) is 14.3 Å². The van der Waals surface area contributed by atoms with Gasteiger partial charge >= 0.3 is 5.97 Å². The van der Waals surface area contributed by atoms with Crippen LogP contribution in [0.2, 0.25) is 0 Å². The number of nitrogens with one attached hydrogen (secondary N) is 2. The summed E-state index contributed by atoms with van der Waals surface area (Å²) in [6, 6.07) is 5.38. The van der Waals surface area contributed by atoms with Crippen LogP contribution in [-0.2, 0) is 4.79 Å². The molecule has 4 aliphatic rings. The van der Waals surface area contributed by atoms with Crippen molar-refractivity contribution in [3.63, 3.8) is 0 Å². The van der Waals surface area contributed by atoms with Crippen LogP contribution in [0.4, 0.5) is 10.2 Å². The van der Waals surface area contributed by atoms with Crippen LogP contribution in [0.25, 0.3) is 27.9 Å². The summed E-state index contributed by atoms with van der Waals surface area (Å²) in [5.74, 6) is 0.508. The maximum absolute atomic E-state index is 14.0. The normalized spacial score (nSPS) is 26.4. The van der Waals surface area contributed by atoms with Crippen molar-refractivity contribution in [3.05, 3.63) is 42.1 Å². The molecule has 4 aromatic heterocycles. The van der Waals surface area contributed by atoms with Gasteiger partial charge in [-0.05, 0) is 68.6 Å². The number of carboxylic acid groups (broad SMARTS) is 1. The third kappa shape index (κ3) is 3.02. The molecular weight excluding hydrogens is 435 g/mol. The molecule has 0 radical (unpaired) electrons. The SMILES string of the molecule is O=C(O)[C@H]1C2CCC(CC2)[C@@H]1Nc1nc(-c2c[nH]c3ncc(F)cc23)nn2c(C3CC3)ccc12. The zero-order chi connectivity index (χ0) is 23.0. The molecule has 8 rings (SSSR count). The number of rotatable bonds is 5. The van der Waals surface area contributed by atoms with E-state index in [4.69, 9.17) is 10.1 Å². The highest BCUT2D eigenvalue weighted by Gasteiger charge is 2.47. The van der Waals surface area contributed by atoms with E-state index in [0.717, 1.165) is 49.7 Å². The summed E-state index contributed by atoms with van der Waals surface area (Å²) in [6.07, 6.45) is 9.24. The molecule has 0 aromatic carbocycles. The zero-order valence-electron chi connectivity index (χ0n) is 18.5. The van der Waals surface area contributed by atoms with Crippen LogP contribution in [0.3, 0.4) is 0 Å². The van der Waals surface area contributed by atoms with Crippen molar-refractivity contribution in [1.29, 1.82) is 0 Å². The molecule has 4 fully saturated rings. The molecule has 0 amide bonds. The predicted molar refractivity (Wildman–Crippen MR) is 124 cm³/mol. The number of aliphatic carboxylic acids is 1. The monoisotopic (exact) mass is 460 g/mol. The molecule has 0 spiro atoms. The van der Waals surface area contributed by atoms with Crippen molar-refractivity contribution in [3.8, 4) is 11.4 Å². The van der Waals surface area contributed by atoms with Crippen molar-refractivity contribution in [2.75, 3.05) is 5.32 Å². The van der Waals surface area contributed by atoms with Gasteiger partial charge in [0.15, 0.2) is 11.6 Å². The first-order valence-corrected chi connectivity index (χ1v) is 12.1. The fraction of sp³-hybridized carbons (Fsp3) is 0.440. The molecule has 0 unspecified atom stereocenters. The van der Waals surface area contributed by atoms with Crippen LogP contribution in [0, 0.1) is 23.6 Å². The fourth-order valence-corrected chi connectivity index (χ4v) is 6.26. The van der Waals surface area contributed by atoms with Gasteiger partial charge in [0.05, 0.1) is 12.1 Å². The maximum atomic E-state index is 14.0. The van der Waals surface area contributed by atoms with Gasteiger partial charge in [0.1, 0.15) is 17.0 Å². The van der Waals surface area contributed by atoms with Crippen LogP contribution < -0.4 is 5.32 Å². The number of aromatic nitrogens is 5. The number of pyridine rings is 1. The Morgan fingerprint density at radius 1 is 1.15 bits per heavy atom. The second kappa shape index (κ2) is 7.25. The third-order valence-electron chi connectivity index (χ3n) is 8.08. The molecule has 8 nitrogen and oxygen atoms in total. The zero-order valence-corrected chi connectivity index (χ0v) is 18.5. The van der Waals surface area contributed by atoms with Gasteiger partial charge in [-0.25, -0.2) is 18.9 Å². The van der Waals surface area contributed by atoms with E-state index in [2.05, 4.69) is 21.4 Å². The second-order valence-electron chi connectivity index (χ2n) is 10.1. The quantitative estimate of drug-likeness (QED) is 0.402. The van der Waals surface area contributed by atoms with Gasteiger partial charge in [-0.1, -0.05) is 0 Å². The maximum Gasteiger partial charge on any atom is 0.308 e. The molecule has 3 N–H and O–H groups in total. The topological polar surface area (TPSA) is 108 Å². The Morgan fingerprint density at radius 3 is 2.71 bits per heavy atom. The molecule has 4 heterocycles. The lowest BCUT2D eigenvalue weighted by Gasteiger charge is -2.47. The molecule has 4 aliphatic carbocycles. The standard InChI is InChI=1S/C25H25FN6O2/c26-15-9-16-17(11-28-22(16)27-10-15)23-30-24(19-8-7-18(12-1-2-12)32(19)31-23)29-21-14-5-3-13(4-6-14)20(21)25(33)34/h7-14,20-21H,1-6H2,(H,27,28)(H,33,34)(H,29,30,31)/t13?,14?,20-,21-/m0/s1. The number of aromatic amines is 1. The summed E-state index contributed by atoms with van der Waals surface area (Å²) in [7, 11) is 0. The van der Waals surface area contributed by atoms with Gasteiger partial charge in [0.2, 0.25) is 0 Å². The number of H-pyrrole nitrogens is 1. The highest BCUT2D eigenvalue weighted by Crippen LogP contribution is 2.47. The van der Waals surface area contributed by atoms with Gasteiger partial charge in [-0.15, -0.1) is 5.10 Å². The van der Waals surface area contributed by atoms with Crippen molar-refractivity contribution in [2.24, 2.45) is 17.8 Å². The van der Waals surface area contributed by atoms with E-state index in [1.807, 2.05) is 10.6 Å². The number of hydrogen-bond acceptors (Lipinski definition) is 5. The average molecular weight is 461 g/mol. The van der Waals surface area contributed by atoms with Gasteiger partial charge in [-0.2, -0.15) is 0 Å². The van der Waals surface area contributed by atoms with Crippen molar-refractivity contribution in [1.82, 2.24) is 24.6 Å². The van der Waals surface area contributed by atoms with E-state index >= 15 is 0 Å². The summed E-state index contributed by atoms with van der Waals surface area (Å²) in [5.41, 5.74) is 3.22. The number of hydrogen-bond donors (Lipinski definition) is 3. The summed E-state index contributed by atoms with van der Waals surface area (Å²) in [4.78, 5) is 24.3. The Hall–Kier alpha value is -3.49. The van der Waals surface area contributed by atoms with Gasteiger partial charge < -0.3 is 15.4 Å². The van der Waals surface area contributed by atoms with E-state index in [-0.39, 0.29) is 12.0 Å². The first-order chi connectivity index (χ1) is 16.6. The number of carboxylic acids is 1. The summed E-state index contributed by atoms with van der Waals surface area (Å²) in [6.45, 7) is 0. The molecule has 4 saturated carbocycles. The van der Waals surface area contributed by atoms with Gasteiger partial charge in [-0.3, -0.25) is 4.79 Å². The van der Waals surface area contributed by atoms with Crippen LogP contribution in [0.1, 0.15) is 50.1 Å². The summed E-state index contributed by atoms with van der Waals surface area (Å²) >= 11 is 0. The Balaban J connectivity index is 1.38. The van der Waals surface area contributed by atoms with Crippen molar-refractivity contribution < 1.29 is 14.3 Å². The molecule has 0 aliphatic heterocycles. The molecule has 34 heavy (non-hydrogen) atoms. The second-order valence-corrected chi connectivity index (χ2v) is 10.1. The largest absolute Gasteiger partial charge is 0.481 e. The Bertz CT molecular complexity index is 1430. The molecule has 2 atom stereocenters. The lowest BCUT2D eigenvalue weighted by Crippen LogP contribution is -2.51. The smallest absolute Gasteiger partial charge is 0.308 e. The molecule has 0 saturated heterocycles. The third-order valence-corrected chi connectivity index (χ3v) is 8.08. The molecule has 174 valence electrons. The minimum absolute atomic E-state index is 0.169. The first kappa shape index (κ1) is 19.9. The highest BCUT2D eigenvalue weighted by molar-refractivity contribution is 5.92. The number of fused-ring (bicyclic) bond motifs is 5. The number of halogens is 1. The lowest BCUT2D eigenvalue weighted by molar-refractivity contribution is -0.148. The van der Waals surface area contributed by atoms with Crippen molar-refractivity contribution >= 4 is 28.3 Å². The van der Waals surface area contributed by atoms with E-state index in [0.29, 0.717) is 40.1 Å². The molecule has 9 heteroatoms. The van der Waals surface area contributed by atoms with Crippen LogP contribution >= 0.6 is 0 Å². The summed E-state index contributed by atoms with van der Waals surface area (Å²) < 4.78 is 15.9. The van der Waals surface area contributed by atoms with Crippen molar-refractivity contribution in [2.45, 2.75) is 50.5 Å². The van der Waals surface area contributed by atoms with Gasteiger partial charge in [0.25, 0.3) is 0 Å². The van der Waals surface area contributed by atoms with E-state index < -0.39 is 17.7 Å². The Labute approximate surface area is 194 Å². The van der Waals surface area contributed by atoms with Gasteiger partial charge in [0, 0.05) is 34.8 Å². The summed E-state index contributed by atoms with van der Waals surface area (Å²) in [5, 5.41) is 19.1. The highest BCUT2D eigenvalue weighted by atomic mass is 19.1. The molecular formula is C25H25FN6O2. The molecule has 4 aromatic rings. The average Bonchev–Trinajstić information content (AvgIpc) is 3.45. The van der Waals surface area contributed by atoms with Crippen LogP contribution in [0.15, 0.2) is 30.6 Å². The minimum Gasteiger partial charge on any atom is -0.481 e. The predicted octanol–water partition coefficient (Wildman–Crippen LogP) is 4.59. The first-order valence-electron chi connectivity index (χ1n) is 12.1. The fourth-order valence-electron chi connectivity index (χ4n) is 6.26. The number of anilines is 1. The Kier molecular flexibility index (Phi) is 4.25. The minimum atomic E-state index is -0.732. The van der Waals surface area contributed by atoms with Crippen LogP contribution in [0.5, 0.6) is 0 Å². The number of nitrogens with zero attached hydrogens (tertiary/aromatic N) is 4. The Morgan fingerprint density at radius 2 is 1.94 bits per heavy atom. The number of carbonyl (C=O) groups is 1. The van der Waals surface area contributed by atoms with E-state index in [1.54, 1.807) is 6.20 Å². The van der Waals surface area contributed by atoms with Crippen LogP contribution in [-0.4, -0.2) is 41.7 Å². The molecule has 2 bridgehead atoms. The lowest BCUT2D eigenvalue weighted by atomic mass is 9.61. The van der Waals surface area contributed by atoms with E-state index in [1.165, 1.54) is 12.3 Å².